The van der Waals surface area contributed by atoms with Crippen molar-refractivity contribution in [2.24, 2.45) is 0 Å². The van der Waals surface area contributed by atoms with Gasteiger partial charge in [-0.2, -0.15) is 0 Å². The van der Waals surface area contributed by atoms with Crippen molar-refractivity contribution >= 4 is 11.9 Å². The molecule has 0 aliphatic heterocycles. The molecular weight excluding hydrogens is 350 g/mol. The summed E-state index contributed by atoms with van der Waals surface area (Å²) in [6.07, 6.45) is 0.157. The Labute approximate surface area is 157 Å². The zero-order chi connectivity index (χ0) is 19.8. The van der Waals surface area contributed by atoms with Crippen molar-refractivity contribution in [3.8, 4) is 17.2 Å². The number of carbonyl (C=O) groups excluding carboxylic acids is 1. The molecule has 0 aliphatic carbocycles. The second-order valence-corrected chi connectivity index (χ2v) is 5.90. The first-order chi connectivity index (χ1) is 12.9. The van der Waals surface area contributed by atoms with Gasteiger partial charge in [-0.05, 0) is 42.8 Å². The summed E-state index contributed by atoms with van der Waals surface area (Å²) in [6, 6.07) is 12.0. The lowest BCUT2D eigenvalue weighted by molar-refractivity contribution is -0.139. The predicted octanol–water partition coefficient (Wildman–Crippen LogP) is 2.59. The second-order valence-electron chi connectivity index (χ2n) is 5.90. The molecule has 0 aromatic heterocycles. The van der Waals surface area contributed by atoms with Gasteiger partial charge < -0.3 is 24.6 Å². The van der Waals surface area contributed by atoms with Crippen LogP contribution in [0.1, 0.15) is 24.1 Å². The van der Waals surface area contributed by atoms with E-state index in [9.17, 15) is 9.59 Å². The molecule has 27 heavy (non-hydrogen) atoms. The number of methoxy groups -OCH3 is 2. The smallest absolute Gasteiger partial charge is 0.341 e. The van der Waals surface area contributed by atoms with Crippen molar-refractivity contribution in [2.45, 2.75) is 19.4 Å². The number of hydrogen-bond donors (Lipinski definition) is 2. The first-order valence-electron chi connectivity index (χ1n) is 8.37. The molecule has 1 atom stereocenters. The van der Waals surface area contributed by atoms with Crippen molar-refractivity contribution in [3.63, 3.8) is 0 Å². The molecule has 1 amide bonds. The standard InChI is InChI=1S/C20H23NO6/c1-13(14-4-6-16(7-5-14)27-12-20(23)24)21-19(22)11-15-10-17(25-2)8-9-18(15)26-3/h4-10,13H,11-12H2,1-3H3,(H,21,22)(H,23,24). The molecule has 0 heterocycles. The number of nitrogens with one attached hydrogen (secondary N) is 1. The van der Waals surface area contributed by atoms with Crippen LogP contribution in [0.4, 0.5) is 0 Å². The van der Waals surface area contributed by atoms with Crippen LogP contribution in [0.5, 0.6) is 17.2 Å². The summed E-state index contributed by atoms with van der Waals surface area (Å²) >= 11 is 0. The summed E-state index contributed by atoms with van der Waals surface area (Å²) in [5.41, 5.74) is 1.61. The maximum Gasteiger partial charge on any atom is 0.341 e. The Morgan fingerprint density at radius 2 is 1.70 bits per heavy atom. The van der Waals surface area contributed by atoms with Gasteiger partial charge in [0.2, 0.25) is 5.91 Å². The van der Waals surface area contributed by atoms with Crippen LogP contribution in [0.2, 0.25) is 0 Å². The maximum atomic E-state index is 12.4. The van der Waals surface area contributed by atoms with Gasteiger partial charge in [-0.1, -0.05) is 12.1 Å². The lowest BCUT2D eigenvalue weighted by Gasteiger charge is -2.16. The number of amides is 1. The Bertz CT molecular complexity index is 788. The molecule has 1 unspecified atom stereocenters. The van der Waals surface area contributed by atoms with Crippen LogP contribution in [0.3, 0.4) is 0 Å². The molecule has 7 nitrogen and oxygen atoms in total. The monoisotopic (exact) mass is 373 g/mol. The number of benzene rings is 2. The summed E-state index contributed by atoms with van der Waals surface area (Å²) < 4.78 is 15.6. The minimum absolute atomic E-state index is 0.153. The number of carboxylic acid groups (broad SMARTS) is 1. The van der Waals surface area contributed by atoms with E-state index in [4.69, 9.17) is 19.3 Å². The van der Waals surface area contributed by atoms with Crippen molar-refractivity contribution < 1.29 is 28.9 Å². The maximum absolute atomic E-state index is 12.4. The third kappa shape index (κ3) is 5.91. The van der Waals surface area contributed by atoms with E-state index in [-0.39, 0.29) is 18.4 Å². The van der Waals surface area contributed by atoms with Crippen LogP contribution in [0, 0.1) is 0 Å². The molecule has 144 valence electrons. The van der Waals surface area contributed by atoms with Gasteiger partial charge in [-0.15, -0.1) is 0 Å². The molecule has 0 saturated heterocycles. The van der Waals surface area contributed by atoms with Crippen LogP contribution in [-0.2, 0) is 16.0 Å². The highest BCUT2D eigenvalue weighted by Gasteiger charge is 2.14. The number of ether oxygens (including phenoxy) is 3. The summed E-state index contributed by atoms with van der Waals surface area (Å²) in [4.78, 5) is 22.9. The van der Waals surface area contributed by atoms with Gasteiger partial charge in [0.15, 0.2) is 6.61 Å². The molecule has 0 fully saturated rings. The largest absolute Gasteiger partial charge is 0.497 e. The van der Waals surface area contributed by atoms with Crippen molar-refractivity contribution in [3.05, 3.63) is 53.6 Å². The van der Waals surface area contributed by atoms with Gasteiger partial charge in [-0.3, -0.25) is 4.79 Å². The van der Waals surface area contributed by atoms with E-state index in [1.807, 2.05) is 6.92 Å². The van der Waals surface area contributed by atoms with Crippen LogP contribution >= 0.6 is 0 Å². The number of carboxylic acids is 1. The van der Waals surface area contributed by atoms with Crippen LogP contribution in [-0.4, -0.2) is 37.8 Å². The van der Waals surface area contributed by atoms with E-state index in [1.165, 1.54) is 0 Å². The molecule has 2 rings (SSSR count). The van der Waals surface area contributed by atoms with Gasteiger partial charge in [-0.25, -0.2) is 4.79 Å². The van der Waals surface area contributed by atoms with Crippen LogP contribution < -0.4 is 19.5 Å². The predicted molar refractivity (Wildman–Crippen MR) is 99.4 cm³/mol. The molecule has 0 aliphatic rings. The highest BCUT2D eigenvalue weighted by Crippen LogP contribution is 2.25. The molecule has 7 heteroatoms. The van der Waals surface area contributed by atoms with Crippen molar-refractivity contribution in [1.29, 1.82) is 0 Å². The van der Waals surface area contributed by atoms with Crippen molar-refractivity contribution in [1.82, 2.24) is 5.32 Å². The lowest BCUT2D eigenvalue weighted by atomic mass is 10.1. The van der Waals surface area contributed by atoms with Gasteiger partial charge in [0.1, 0.15) is 17.2 Å². The number of hydrogen-bond acceptors (Lipinski definition) is 5. The summed E-state index contributed by atoms with van der Waals surface area (Å²) in [5, 5.41) is 11.6. The van der Waals surface area contributed by atoms with Gasteiger partial charge >= 0.3 is 5.97 Å². The summed E-state index contributed by atoms with van der Waals surface area (Å²) in [5.74, 6) is 0.552. The molecule has 2 aromatic carbocycles. The normalized spacial score (nSPS) is 11.4. The fraction of sp³-hybridized carbons (Fsp3) is 0.300. The molecule has 0 radical (unpaired) electrons. The first kappa shape index (κ1) is 20.1. The quantitative estimate of drug-likeness (QED) is 0.702. The molecule has 0 saturated carbocycles. The minimum atomic E-state index is -1.03. The second kappa shape index (κ2) is 9.47. The number of carbonyl (C=O) groups is 2. The minimum Gasteiger partial charge on any atom is -0.497 e. The van der Waals surface area contributed by atoms with Crippen LogP contribution in [0.25, 0.3) is 0 Å². The Hall–Kier alpha value is -3.22. The Balaban J connectivity index is 1.98. The van der Waals surface area contributed by atoms with Crippen molar-refractivity contribution in [2.75, 3.05) is 20.8 Å². The zero-order valence-electron chi connectivity index (χ0n) is 15.5. The average molecular weight is 373 g/mol. The highest BCUT2D eigenvalue weighted by atomic mass is 16.5. The van der Waals surface area contributed by atoms with E-state index >= 15 is 0 Å². The molecule has 0 bridgehead atoms. The number of aliphatic carboxylic acids is 1. The molecule has 0 spiro atoms. The van der Waals surface area contributed by atoms with E-state index < -0.39 is 12.6 Å². The Morgan fingerprint density at radius 1 is 1.04 bits per heavy atom. The van der Waals surface area contributed by atoms with E-state index in [0.717, 1.165) is 11.1 Å². The van der Waals surface area contributed by atoms with E-state index in [0.29, 0.717) is 17.2 Å². The van der Waals surface area contributed by atoms with Crippen LogP contribution in [0.15, 0.2) is 42.5 Å². The van der Waals surface area contributed by atoms with Gasteiger partial charge in [0.05, 0.1) is 26.7 Å². The average Bonchev–Trinajstić information content (AvgIpc) is 2.66. The third-order valence-electron chi connectivity index (χ3n) is 3.96. The Kier molecular flexibility index (Phi) is 7.05. The molecule has 2 N–H and O–H groups in total. The first-order valence-corrected chi connectivity index (χ1v) is 8.37. The third-order valence-corrected chi connectivity index (χ3v) is 3.96. The SMILES string of the molecule is COc1ccc(OC)c(CC(=O)NC(C)c2ccc(OCC(=O)O)cc2)c1. The fourth-order valence-electron chi connectivity index (χ4n) is 2.57. The fourth-order valence-corrected chi connectivity index (χ4v) is 2.57. The summed E-state index contributed by atoms with van der Waals surface area (Å²) in [7, 11) is 3.12. The Morgan fingerprint density at radius 3 is 2.30 bits per heavy atom. The topological polar surface area (TPSA) is 94.1 Å². The summed E-state index contributed by atoms with van der Waals surface area (Å²) in [6.45, 7) is 1.47. The molecular formula is C20H23NO6. The number of rotatable bonds is 9. The lowest BCUT2D eigenvalue weighted by Crippen LogP contribution is -2.28. The van der Waals surface area contributed by atoms with Gasteiger partial charge in [0.25, 0.3) is 0 Å². The van der Waals surface area contributed by atoms with Gasteiger partial charge in [0, 0.05) is 5.56 Å². The highest BCUT2D eigenvalue weighted by molar-refractivity contribution is 5.80. The van der Waals surface area contributed by atoms with E-state index in [2.05, 4.69) is 5.32 Å². The zero-order valence-corrected chi connectivity index (χ0v) is 15.5. The van der Waals surface area contributed by atoms with E-state index in [1.54, 1.807) is 56.7 Å². The molecule has 2 aromatic rings.